The van der Waals surface area contributed by atoms with Crippen molar-refractivity contribution in [1.29, 1.82) is 0 Å². The zero-order valence-corrected chi connectivity index (χ0v) is 13.6. The maximum absolute atomic E-state index is 13.0. The molecule has 0 heterocycles. The highest BCUT2D eigenvalue weighted by Gasteiger charge is 2.26. The Bertz CT molecular complexity index is 441. The van der Waals surface area contributed by atoms with Crippen molar-refractivity contribution >= 4 is 11.6 Å². The van der Waals surface area contributed by atoms with E-state index in [2.05, 4.69) is 6.92 Å². The van der Waals surface area contributed by atoms with Crippen molar-refractivity contribution < 1.29 is 9.50 Å². The normalized spacial score (nSPS) is 24.0. The van der Waals surface area contributed by atoms with Gasteiger partial charge in [0.05, 0.1) is 6.10 Å². The van der Waals surface area contributed by atoms with Gasteiger partial charge in [-0.25, -0.2) is 4.39 Å². The molecule has 1 fully saturated rings. The largest absolute Gasteiger partial charge is 0.392 e. The van der Waals surface area contributed by atoms with E-state index in [-0.39, 0.29) is 11.9 Å². The number of aliphatic hydroxyl groups is 1. The fourth-order valence-corrected chi connectivity index (χ4v) is 3.68. The maximum atomic E-state index is 13.0. The number of aliphatic hydroxyl groups excluding tert-OH is 1. The maximum Gasteiger partial charge on any atom is 0.124 e. The van der Waals surface area contributed by atoms with Crippen LogP contribution in [0.15, 0.2) is 18.2 Å². The van der Waals surface area contributed by atoms with Crippen LogP contribution in [0, 0.1) is 17.7 Å². The molecule has 1 aromatic carbocycles. The molecule has 118 valence electrons. The van der Waals surface area contributed by atoms with Crippen molar-refractivity contribution in [3.8, 4) is 0 Å². The number of rotatable bonds is 6. The van der Waals surface area contributed by atoms with E-state index in [1.807, 2.05) is 0 Å². The van der Waals surface area contributed by atoms with Gasteiger partial charge in [0.15, 0.2) is 0 Å². The Balaban J connectivity index is 1.83. The SMILES string of the molecule is CCCCC1CCC(C(O)Cc2ccc(F)cc2Cl)CC1. The second-order valence-electron chi connectivity index (χ2n) is 6.43. The summed E-state index contributed by atoms with van der Waals surface area (Å²) in [6.45, 7) is 2.24. The van der Waals surface area contributed by atoms with E-state index < -0.39 is 0 Å². The molecule has 0 radical (unpaired) electrons. The highest BCUT2D eigenvalue weighted by molar-refractivity contribution is 6.31. The van der Waals surface area contributed by atoms with Crippen molar-refractivity contribution in [3.63, 3.8) is 0 Å². The second-order valence-corrected chi connectivity index (χ2v) is 6.84. The summed E-state index contributed by atoms with van der Waals surface area (Å²) in [6.07, 6.45) is 8.78. The van der Waals surface area contributed by atoms with Gasteiger partial charge in [0.1, 0.15) is 5.82 Å². The van der Waals surface area contributed by atoms with Crippen molar-refractivity contribution in [2.24, 2.45) is 11.8 Å². The van der Waals surface area contributed by atoms with Gasteiger partial charge in [-0.2, -0.15) is 0 Å². The molecule has 21 heavy (non-hydrogen) atoms. The van der Waals surface area contributed by atoms with Gasteiger partial charge in [0.2, 0.25) is 0 Å². The van der Waals surface area contributed by atoms with Crippen molar-refractivity contribution in [2.75, 3.05) is 0 Å². The summed E-state index contributed by atoms with van der Waals surface area (Å²) >= 11 is 6.04. The fourth-order valence-electron chi connectivity index (χ4n) is 3.43. The molecule has 2 rings (SSSR count). The van der Waals surface area contributed by atoms with E-state index in [4.69, 9.17) is 11.6 Å². The highest BCUT2D eigenvalue weighted by Crippen LogP contribution is 2.34. The summed E-state index contributed by atoms with van der Waals surface area (Å²) in [5.41, 5.74) is 0.846. The zero-order chi connectivity index (χ0) is 15.2. The summed E-state index contributed by atoms with van der Waals surface area (Å²) in [7, 11) is 0. The molecule has 0 aromatic heterocycles. The van der Waals surface area contributed by atoms with Crippen LogP contribution >= 0.6 is 11.6 Å². The van der Waals surface area contributed by atoms with Crippen molar-refractivity contribution in [1.82, 2.24) is 0 Å². The van der Waals surface area contributed by atoms with E-state index >= 15 is 0 Å². The molecular formula is C18H26ClFO. The Morgan fingerprint density at radius 2 is 2.00 bits per heavy atom. The van der Waals surface area contributed by atoms with Gasteiger partial charge >= 0.3 is 0 Å². The molecule has 1 atom stereocenters. The van der Waals surface area contributed by atoms with E-state index in [1.165, 1.54) is 44.2 Å². The van der Waals surface area contributed by atoms with Gasteiger partial charge in [-0.3, -0.25) is 0 Å². The number of hydrogen-bond donors (Lipinski definition) is 1. The molecule has 1 N–H and O–H groups in total. The number of unbranched alkanes of at least 4 members (excludes halogenated alkanes) is 1. The summed E-state index contributed by atoms with van der Waals surface area (Å²) in [4.78, 5) is 0. The summed E-state index contributed by atoms with van der Waals surface area (Å²) in [6, 6.07) is 4.43. The quantitative estimate of drug-likeness (QED) is 0.747. The first kappa shape index (κ1) is 16.8. The van der Waals surface area contributed by atoms with Gasteiger partial charge < -0.3 is 5.11 Å². The topological polar surface area (TPSA) is 20.2 Å². The van der Waals surface area contributed by atoms with Crippen LogP contribution in [-0.4, -0.2) is 11.2 Å². The Hall–Kier alpha value is -0.600. The van der Waals surface area contributed by atoms with Crippen LogP contribution in [0.25, 0.3) is 0 Å². The Morgan fingerprint density at radius 3 is 2.62 bits per heavy atom. The predicted molar refractivity (Wildman–Crippen MR) is 86.1 cm³/mol. The monoisotopic (exact) mass is 312 g/mol. The first-order chi connectivity index (χ1) is 10.1. The minimum atomic E-state index is -0.361. The first-order valence-corrected chi connectivity index (χ1v) is 8.60. The smallest absolute Gasteiger partial charge is 0.124 e. The molecule has 1 aliphatic carbocycles. The van der Waals surface area contributed by atoms with Crippen LogP contribution in [0.2, 0.25) is 5.02 Å². The third-order valence-electron chi connectivity index (χ3n) is 4.85. The Morgan fingerprint density at radius 1 is 1.29 bits per heavy atom. The van der Waals surface area contributed by atoms with Gasteiger partial charge in [0, 0.05) is 11.4 Å². The Kier molecular flexibility index (Phi) is 6.50. The molecule has 0 amide bonds. The molecule has 1 unspecified atom stereocenters. The average Bonchev–Trinajstić information content (AvgIpc) is 2.48. The van der Waals surface area contributed by atoms with Crippen LogP contribution in [0.5, 0.6) is 0 Å². The molecule has 1 nitrogen and oxygen atoms in total. The lowest BCUT2D eigenvalue weighted by atomic mass is 9.76. The lowest BCUT2D eigenvalue weighted by Gasteiger charge is -2.31. The lowest BCUT2D eigenvalue weighted by Crippen LogP contribution is -2.27. The third-order valence-corrected chi connectivity index (χ3v) is 5.20. The minimum Gasteiger partial charge on any atom is -0.392 e. The molecule has 0 aliphatic heterocycles. The standard InChI is InChI=1S/C18H26ClFO/c1-2-3-4-13-5-7-14(8-6-13)18(21)11-15-9-10-16(20)12-17(15)19/h9-10,12-14,18,21H,2-8,11H2,1H3. The summed E-state index contributed by atoms with van der Waals surface area (Å²) in [5, 5.41) is 10.9. The van der Waals surface area contributed by atoms with E-state index in [0.29, 0.717) is 17.4 Å². The first-order valence-electron chi connectivity index (χ1n) is 8.22. The minimum absolute atomic E-state index is 0.324. The van der Waals surface area contributed by atoms with Gasteiger partial charge in [-0.1, -0.05) is 56.7 Å². The zero-order valence-electron chi connectivity index (χ0n) is 12.8. The second kappa shape index (κ2) is 8.14. The van der Waals surface area contributed by atoms with Gasteiger partial charge in [-0.15, -0.1) is 0 Å². The Labute approximate surface area is 132 Å². The predicted octanol–water partition coefficient (Wildman–Crippen LogP) is 5.38. The molecule has 3 heteroatoms. The van der Waals surface area contributed by atoms with Gasteiger partial charge in [0.25, 0.3) is 0 Å². The summed E-state index contributed by atoms with van der Waals surface area (Å²) in [5.74, 6) is 0.890. The number of hydrogen-bond acceptors (Lipinski definition) is 1. The third kappa shape index (κ3) is 4.96. The number of halogens is 2. The van der Waals surface area contributed by atoms with Crippen LogP contribution in [0.4, 0.5) is 4.39 Å². The van der Waals surface area contributed by atoms with Crippen molar-refractivity contribution in [3.05, 3.63) is 34.6 Å². The fraction of sp³-hybridized carbons (Fsp3) is 0.667. The van der Waals surface area contributed by atoms with Crippen LogP contribution < -0.4 is 0 Å². The average molecular weight is 313 g/mol. The van der Waals surface area contributed by atoms with Crippen LogP contribution in [0.1, 0.15) is 57.4 Å². The molecule has 1 aromatic rings. The highest BCUT2D eigenvalue weighted by atomic mass is 35.5. The van der Waals surface area contributed by atoms with E-state index in [1.54, 1.807) is 6.07 Å². The van der Waals surface area contributed by atoms with Crippen LogP contribution in [-0.2, 0) is 6.42 Å². The molecular weight excluding hydrogens is 287 g/mol. The molecule has 0 bridgehead atoms. The van der Waals surface area contributed by atoms with Crippen molar-refractivity contribution in [2.45, 2.75) is 64.4 Å². The van der Waals surface area contributed by atoms with Crippen LogP contribution in [0.3, 0.4) is 0 Å². The number of benzene rings is 1. The molecule has 1 saturated carbocycles. The lowest BCUT2D eigenvalue weighted by molar-refractivity contribution is 0.0726. The molecule has 0 spiro atoms. The van der Waals surface area contributed by atoms with E-state index in [0.717, 1.165) is 24.3 Å². The van der Waals surface area contributed by atoms with E-state index in [9.17, 15) is 9.50 Å². The van der Waals surface area contributed by atoms with Gasteiger partial charge in [-0.05, 0) is 42.4 Å². The molecule has 0 saturated heterocycles. The summed E-state index contributed by atoms with van der Waals surface area (Å²) < 4.78 is 13.0. The molecule has 1 aliphatic rings.